The highest BCUT2D eigenvalue weighted by molar-refractivity contribution is 5.36. The third kappa shape index (κ3) is 5.00. The van der Waals surface area contributed by atoms with Crippen LogP contribution in [0.1, 0.15) is 44.2 Å². The molecule has 0 aliphatic heterocycles. The molecule has 0 aliphatic carbocycles. The van der Waals surface area contributed by atoms with Crippen LogP contribution < -0.4 is 5.73 Å². The van der Waals surface area contributed by atoms with Gasteiger partial charge in [0.2, 0.25) is 0 Å². The number of benzene rings is 1. The zero-order chi connectivity index (χ0) is 11.8. The normalized spacial score (nSPS) is 11.7. The summed E-state index contributed by atoms with van der Waals surface area (Å²) in [5, 5.41) is 0. The first-order valence-corrected chi connectivity index (χ1v) is 6.05. The van der Waals surface area contributed by atoms with E-state index in [-0.39, 0.29) is 6.04 Å². The van der Waals surface area contributed by atoms with Crippen molar-refractivity contribution in [3.8, 4) is 11.8 Å². The highest BCUT2D eigenvalue weighted by Gasteiger charge is 1.96. The highest BCUT2D eigenvalue weighted by atomic mass is 14.6. The average molecular weight is 215 g/mol. The number of hydrogen-bond donors (Lipinski definition) is 1. The fourth-order valence-electron chi connectivity index (χ4n) is 1.53. The molecule has 1 aromatic rings. The Balaban J connectivity index is 2.53. The first-order chi connectivity index (χ1) is 7.72. The molecule has 0 fully saturated rings. The largest absolute Gasteiger partial charge is 0.328 e. The zero-order valence-electron chi connectivity index (χ0n) is 10.3. The second-order valence-corrected chi connectivity index (χ2v) is 4.28. The van der Waals surface area contributed by atoms with E-state index in [2.05, 4.69) is 43.0 Å². The molecule has 1 heteroatoms. The Morgan fingerprint density at radius 2 is 1.94 bits per heavy atom. The Morgan fingerprint density at radius 1 is 1.25 bits per heavy atom. The van der Waals surface area contributed by atoms with Crippen LogP contribution >= 0.6 is 0 Å². The maximum Gasteiger partial charge on any atom is 0.0245 e. The van der Waals surface area contributed by atoms with Crippen LogP contribution in [0.4, 0.5) is 0 Å². The van der Waals surface area contributed by atoms with Crippen molar-refractivity contribution in [2.75, 3.05) is 0 Å². The van der Waals surface area contributed by atoms with E-state index in [0.29, 0.717) is 0 Å². The molecular weight excluding hydrogens is 194 g/mol. The van der Waals surface area contributed by atoms with E-state index in [0.717, 1.165) is 18.4 Å². The van der Waals surface area contributed by atoms with Crippen molar-refractivity contribution in [2.24, 2.45) is 5.73 Å². The van der Waals surface area contributed by atoms with Crippen molar-refractivity contribution in [3.05, 3.63) is 35.4 Å². The molecular formula is C15H21N. The van der Waals surface area contributed by atoms with Crippen LogP contribution in [0.2, 0.25) is 0 Å². The summed E-state index contributed by atoms with van der Waals surface area (Å²) in [6, 6.07) is 8.62. The van der Waals surface area contributed by atoms with Crippen molar-refractivity contribution in [2.45, 2.75) is 45.6 Å². The molecule has 0 radical (unpaired) electrons. The zero-order valence-corrected chi connectivity index (χ0v) is 10.3. The van der Waals surface area contributed by atoms with Crippen molar-refractivity contribution >= 4 is 0 Å². The van der Waals surface area contributed by atoms with Crippen LogP contribution in [0.15, 0.2) is 24.3 Å². The molecule has 16 heavy (non-hydrogen) atoms. The van der Waals surface area contributed by atoms with Crippen LogP contribution in [0.25, 0.3) is 0 Å². The minimum Gasteiger partial charge on any atom is -0.328 e. The Bertz CT molecular complexity index is 351. The number of unbranched alkanes of at least 4 members (excludes halogenated alkanes) is 2. The van der Waals surface area contributed by atoms with Crippen molar-refractivity contribution in [3.63, 3.8) is 0 Å². The summed E-state index contributed by atoms with van der Waals surface area (Å²) in [6.45, 7) is 4.21. The summed E-state index contributed by atoms with van der Waals surface area (Å²) >= 11 is 0. The van der Waals surface area contributed by atoms with Gasteiger partial charge < -0.3 is 5.73 Å². The topological polar surface area (TPSA) is 26.0 Å². The van der Waals surface area contributed by atoms with Gasteiger partial charge in [0.15, 0.2) is 0 Å². The van der Waals surface area contributed by atoms with Crippen LogP contribution in [0.3, 0.4) is 0 Å². The fraction of sp³-hybridized carbons (Fsp3) is 0.467. The fourth-order valence-corrected chi connectivity index (χ4v) is 1.53. The monoisotopic (exact) mass is 215 g/mol. The first-order valence-electron chi connectivity index (χ1n) is 6.05. The van der Waals surface area contributed by atoms with E-state index in [9.17, 15) is 0 Å². The second-order valence-electron chi connectivity index (χ2n) is 4.28. The van der Waals surface area contributed by atoms with Crippen LogP contribution in [0, 0.1) is 11.8 Å². The minimum atomic E-state index is 0.224. The molecule has 1 unspecified atom stereocenters. The van der Waals surface area contributed by atoms with Crippen LogP contribution in [0.5, 0.6) is 0 Å². The molecule has 1 nitrogen and oxygen atoms in total. The van der Waals surface area contributed by atoms with Gasteiger partial charge in [-0.25, -0.2) is 0 Å². The molecule has 0 bridgehead atoms. The number of nitrogens with two attached hydrogens (primary N) is 1. The standard InChI is InChI=1S/C15H21N/c1-3-4-5-6-7-14-8-10-15(11-9-14)12-13(2)16/h8-11,13H,3-5,12,16H2,1-2H3. The summed E-state index contributed by atoms with van der Waals surface area (Å²) < 4.78 is 0. The van der Waals surface area contributed by atoms with Crippen molar-refractivity contribution < 1.29 is 0 Å². The lowest BCUT2D eigenvalue weighted by Crippen LogP contribution is -2.17. The highest BCUT2D eigenvalue weighted by Crippen LogP contribution is 2.05. The van der Waals surface area contributed by atoms with E-state index >= 15 is 0 Å². The lowest BCUT2D eigenvalue weighted by Gasteiger charge is -2.04. The molecule has 1 atom stereocenters. The lowest BCUT2D eigenvalue weighted by molar-refractivity contribution is 0.738. The molecule has 1 rings (SSSR count). The van der Waals surface area contributed by atoms with Crippen LogP contribution in [-0.4, -0.2) is 6.04 Å². The molecule has 0 heterocycles. The van der Waals surface area contributed by atoms with Gasteiger partial charge in [-0.2, -0.15) is 0 Å². The van der Waals surface area contributed by atoms with Crippen molar-refractivity contribution in [1.82, 2.24) is 0 Å². The quantitative estimate of drug-likeness (QED) is 0.606. The van der Waals surface area contributed by atoms with Gasteiger partial charge in [-0.3, -0.25) is 0 Å². The van der Waals surface area contributed by atoms with E-state index in [4.69, 9.17) is 5.73 Å². The van der Waals surface area contributed by atoms with Gasteiger partial charge in [-0.15, -0.1) is 0 Å². The van der Waals surface area contributed by atoms with Gasteiger partial charge in [-0.1, -0.05) is 37.3 Å². The summed E-state index contributed by atoms with van der Waals surface area (Å²) in [5.41, 5.74) is 8.14. The van der Waals surface area contributed by atoms with Gasteiger partial charge in [0, 0.05) is 18.0 Å². The van der Waals surface area contributed by atoms with Crippen LogP contribution in [-0.2, 0) is 6.42 Å². The Labute approximate surface area is 99.1 Å². The molecule has 0 amide bonds. The predicted molar refractivity (Wildman–Crippen MR) is 70.2 cm³/mol. The molecule has 1 aromatic carbocycles. The molecule has 86 valence electrons. The van der Waals surface area contributed by atoms with E-state index < -0.39 is 0 Å². The summed E-state index contributed by atoms with van der Waals surface area (Å²) in [6.07, 6.45) is 4.33. The SMILES string of the molecule is CCCCC#Cc1ccc(CC(C)N)cc1. The number of rotatable bonds is 4. The summed E-state index contributed by atoms with van der Waals surface area (Å²) in [7, 11) is 0. The van der Waals surface area contributed by atoms with Gasteiger partial charge in [0.25, 0.3) is 0 Å². The van der Waals surface area contributed by atoms with Gasteiger partial charge in [0.05, 0.1) is 0 Å². The molecule has 0 saturated carbocycles. The first kappa shape index (κ1) is 12.8. The Morgan fingerprint density at radius 3 is 2.50 bits per heavy atom. The smallest absolute Gasteiger partial charge is 0.0245 e. The van der Waals surface area contributed by atoms with Gasteiger partial charge >= 0.3 is 0 Å². The lowest BCUT2D eigenvalue weighted by atomic mass is 10.1. The third-order valence-corrected chi connectivity index (χ3v) is 2.40. The Hall–Kier alpha value is -1.26. The molecule has 2 N–H and O–H groups in total. The summed E-state index contributed by atoms with van der Waals surface area (Å²) in [5.74, 6) is 6.37. The van der Waals surface area contributed by atoms with E-state index in [1.165, 1.54) is 18.4 Å². The average Bonchev–Trinajstić information content (AvgIpc) is 2.26. The second kappa shape index (κ2) is 7.09. The Kier molecular flexibility index (Phi) is 5.67. The number of hydrogen-bond acceptors (Lipinski definition) is 1. The maximum atomic E-state index is 5.75. The predicted octanol–water partition coefficient (Wildman–Crippen LogP) is 3.12. The van der Waals surface area contributed by atoms with E-state index in [1.807, 2.05) is 6.92 Å². The summed E-state index contributed by atoms with van der Waals surface area (Å²) in [4.78, 5) is 0. The third-order valence-electron chi connectivity index (χ3n) is 2.40. The molecule has 0 spiro atoms. The van der Waals surface area contributed by atoms with Gasteiger partial charge in [-0.05, 0) is 37.5 Å². The van der Waals surface area contributed by atoms with Crippen molar-refractivity contribution in [1.29, 1.82) is 0 Å². The van der Waals surface area contributed by atoms with Gasteiger partial charge in [0.1, 0.15) is 0 Å². The minimum absolute atomic E-state index is 0.224. The molecule has 0 saturated heterocycles. The molecule has 0 aliphatic rings. The van der Waals surface area contributed by atoms with E-state index in [1.54, 1.807) is 0 Å². The molecule has 0 aromatic heterocycles. The maximum absolute atomic E-state index is 5.75.